The van der Waals surface area contributed by atoms with Gasteiger partial charge in [0.05, 0.1) is 11.3 Å². The fourth-order valence-electron chi connectivity index (χ4n) is 3.51. The van der Waals surface area contributed by atoms with Crippen LogP contribution in [0.4, 0.5) is 0 Å². The molecule has 2 heterocycles. The molecule has 0 bridgehead atoms. The summed E-state index contributed by atoms with van der Waals surface area (Å²) in [5.41, 5.74) is 4.82. The third-order valence-corrected chi connectivity index (χ3v) is 5.07. The monoisotopic (exact) mass is 340 g/mol. The summed E-state index contributed by atoms with van der Waals surface area (Å²) in [6.45, 7) is 7.78. The zero-order chi connectivity index (χ0) is 17.8. The van der Waals surface area contributed by atoms with Crippen LogP contribution in [0, 0.1) is 13.8 Å². The molecule has 1 amide bonds. The number of benzene rings is 1. The van der Waals surface area contributed by atoms with Crippen LogP contribution in [-0.2, 0) is 20.1 Å². The smallest absolute Gasteiger partial charge is 0.255 e. The first-order chi connectivity index (χ1) is 12.0. The minimum absolute atomic E-state index is 0.0551. The molecule has 1 aromatic heterocycles. The van der Waals surface area contributed by atoms with Crippen molar-refractivity contribution in [1.29, 1.82) is 0 Å². The second-order valence-corrected chi connectivity index (χ2v) is 7.01. The summed E-state index contributed by atoms with van der Waals surface area (Å²) in [4.78, 5) is 15.0. The van der Waals surface area contributed by atoms with E-state index in [9.17, 15) is 4.79 Å². The first-order valence-corrected chi connectivity index (χ1v) is 9.13. The highest BCUT2D eigenvalue weighted by Crippen LogP contribution is 2.14. The number of aromatic nitrogens is 2. The molecular formula is C20H28N4O. The quantitative estimate of drug-likeness (QED) is 0.910. The first kappa shape index (κ1) is 17.7. The van der Waals surface area contributed by atoms with Crippen molar-refractivity contribution < 1.29 is 4.79 Å². The molecule has 1 aliphatic heterocycles. The van der Waals surface area contributed by atoms with Crippen molar-refractivity contribution >= 4 is 5.91 Å². The highest BCUT2D eigenvalue weighted by Gasteiger charge is 2.17. The summed E-state index contributed by atoms with van der Waals surface area (Å²) in [7, 11) is 1.86. The first-order valence-electron chi connectivity index (χ1n) is 9.13. The lowest BCUT2D eigenvalue weighted by molar-refractivity contribution is 0.0949. The molecule has 0 spiro atoms. The summed E-state index contributed by atoms with van der Waals surface area (Å²) < 4.78 is 1.75. The van der Waals surface area contributed by atoms with E-state index in [0.29, 0.717) is 12.1 Å². The fraction of sp³-hybridized carbons (Fsp3) is 0.500. The van der Waals surface area contributed by atoms with E-state index in [2.05, 4.69) is 39.6 Å². The lowest BCUT2D eigenvalue weighted by Gasteiger charge is -2.26. The second kappa shape index (κ2) is 7.83. The molecule has 2 aromatic rings. The lowest BCUT2D eigenvalue weighted by atomic mass is 10.1. The van der Waals surface area contributed by atoms with Crippen LogP contribution in [0.25, 0.3) is 0 Å². The Hall–Kier alpha value is -2.14. The Bertz CT molecular complexity index is 727. The van der Waals surface area contributed by atoms with Gasteiger partial charge in [-0.25, -0.2) is 0 Å². The van der Waals surface area contributed by atoms with Crippen molar-refractivity contribution in [3.05, 3.63) is 52.3 Å². The van der Waals surface area contributed by atoms with Crippen LogP contribution in [0.1, 0.15) is 52.1 Å². The minimum atomic E-state index is -0.0551. The third-order valence-electron chi connectivity index (χ3n) is 5.07. The van der Waals surface area contributed by atoms with Crippen molar-refractivity contribution in [2.75, 3.05) is 13.1 Å². The highest BCUT2D eigenvalue weighted by atomic mass is 16.1. The molecule has 1 saturated heterocycles. The van der Waals surface area contributed by atoms with Crippen molar-refractivity contribution in [3.8, 4) is 0 Å². The summed E-state index contributed by atoms with van der Waals surface area (Å²) in [6, 6.07) is 8.58. The van der Waals surface area contributed by atoms with Crippen LogP contribution in [0.3, 0.4) is 0 Å². The number of aryl methyl sites for hydroxylation is 2. The van der Waals surface area contributed by atoms with E-state index in [1.807, 2.05) is 20.9 Å². The molecule has 25 heavy (non-hydrogen) atoms. The van der Waals surface area contributed by atoms with E-state index < -0.39 is 0 Å². The van der Waals surface area contributed by atoms with Crippen molar-refractivity contribution in [1.82, 2.24) is 20.0 Å². The summed E-state index contributed by atoms with van der Waals surface area (Å²) >= 11 is 0. The Morgan fingerprint density at radius 1 is 1.08 bits per heavy atom. The number of amides is 1. The van der Waals surface area contributed by atoms with Crippen LogP contribution in [0.5, 0.6) is 0 Å². The zero-order valence-corrected chi connectivity index (χ0v) is 15.5. The number of nitrogens with zero attached hydrogens (tertiary/aromatic N) is 3. The van der Waals surface area contributed by atoms with E-state index in [0.717, 1.165) is 23.5 Å². The summed E-state index contributed by atoms with van der Waals surface area (Å²) in [5.74, 6) is -0.0551. The van der Waals surface area contributed by atoms with Gasteiger partial charge in [-0.1, -0.05) is 30.7 Å². The van der Waals surface area contributed by atoms with Crippen LogP contribution in [0.2, 0.25) is 0 Å². The van der Waals surface area contributed by atoms with Gasteiger partial charge in [0.15, 0.2) is 0 Å². The van der Waals surface area contributed by atoms with Gasteiger partial charge in [0, 0.05) is 25.8 Å². The number of hydrogen-bond acceptors (Lipinski definition) is 3. The molecule has 1 aromatic carbocycles. The number of likely N-dealkylation sites (tertiary alicyclic amines) is 1. The van der Waals surface area contributed by atoms with E-state index in [-0.39, 0.29) is 5.91 Å². The van der Waals surface area contributed by atoms with Gasteiger partial charge in [-0.05, 0) is 50.9 Å². The Morgan fingerprint density at radius 2 is 1.72 bits per heavy atom. The lowest BCUT2D eigenvalue weighted by Crippen LogP contribution is -2.29. The predicted molar refractivity (Wildman–Crippen MR) is 99.4 cm³/mol. The average Bonchev–Trinajstić information content (AvgIpc) is 2.87. The number of carbonyl (C=O) groups excluding carboxylic acids is 1. The van der Waals surface area contributed by atoms with E-state index in [4.69, 9.17) is 0 Å². The molecule has 5 heteroatoms. The molecule has 1 N–H and O–H groups in total. The van der Waals surface area contributed by atoms with E-state index in [1.165, 1.54) is 37.9 Å². The van der Waals surface area contributed by atoms with Gasteiger partial charge in [0.1, 0.15) is 0 Å². The molecular weight excluding hydrogens is 312 g/mol. The normalized spacial score (nSPS) is 15.3. The number of nitrogens with one attached hydrogen (secondary N) is 1. The average molecular weight is 340 g/mol. The Morgan fingerprint density at radius 3 is 2.32 bits per heavy atom. The second-order valence-electron chi connectivity index (χ2n) is 7.01. The van der Waals surface area contributed by atoms with Crippen LogP contribution >= 0.6 is 0 Å². The number of piperidine rings is 1. The highest BCUT2D eigenvalue weighted by molar-refractivity contribution is 5.96. The Balaban J connectivity index is 1.55. The van der Waals surface area contributed by atoms with Crippen LogP contribution in [-0.4, -0.2) is 33.7 Å². The van der Waals surface area contributed by atoms with Gasteiger partial charge in [-0.15, -0.1) is 0 Å². The van der Waals surface area contributed by atoms with E-state index in [1.54, 1.807) is 4.68 Å². The zero-order valence-electron chi connectivity index (χ0n) is 15.5. The molecule has 5 nitrogen and oxygen atoms in total. The Kier molecular flexibility index (Phi) is 5.53. The molecule has 0 aliphatic carbocycles. The van der Waals surface area contributed by atoms with Gasteiger partial charge in [-0.3, -0.25) is 14.4 Å². The summed E-state index contributed by atoms with van der Waals surface area (Å²) in [6.07, 6.45) is 4.00. The van der Waals surface area contributed by atoms with Crippen molar-refractivity contribution in [2.24, 2.45) is 7.05 Å². The Labute approximate surface area is 150 Å². The number of carbonyl (C=O) groups is 1. The van der Waals surface area contributed by atoms with Crippen molar-refractivity contribution in [3.63, 3.8) is 0 Å². The molecule has 1 fully saturated rings. The van der Waals surface area contributed by atoms with E-state index >= 15 is 0 Å². The number of hydrogen-bond donors (Lipinski definition) is 1. The molecule has 0 radical (unpaired) electrons. The molecule has 0 saturated carbocycles. The SMILES string of the molecule is Cc1nn(C)c(C)c1C(=O)NCc1ccc(CN2CCCCC2)cc1. The molecule has 0 atom stereocenters. The van der Waals surface area contributed by atoms with Gasteiger partial charge >= 0.3 is 0 Å². The van der Waals surface area contributed by atoms with Crippen LogP contribution < -0.4 is 5.32 Å². The minimum Gasteiger partial charge on any atom is -0.348 e. The molecule has 0 unspecified atom stereocenters. The van der Waals surface area contributed by atoms with Gasteiger partial charge in [-0.2, -0.15) is 5.10 Å². The van der Waals surface area contributed by atoms with Gasteiger partial charge < -0.3 is 5.32 Å². The summed E-state index contributed by atoms with van der Waals surface area (Å²) in [5, 5.41) is 7.31. The van der Waals surface area contributed by atoms with Gasteiger partial charge in [0.25, 0.3) is 5.91 Å². The van der Waals surface area contributed by atoms with Crippen LogP contribution in [0.15, 0.2) is 24.3 Å². The maximum absolute atomic E-state index is 12.4. The largest absolute Gasteiger partial charge is 0.348 e. The molecule has 134 valence electrons. The predicted octanol–water partition coefficient (Wildman–Crippen LogP) is 2.95. The fourth-order valence-corrected chi connectivity index (χ4v) is 3.51. The topological polar surface area (TPSA) is 50.2 Å². The van der Waals surface area contributed by atoms with Crippen molar-refractivity contribution in [2.45, 2.75) is 46.2 Å². The molecule has 1 aliphatic rings. The molecule has 3 rings (SSSR count). The maximum atomic E-state index is 12.4. The van der Waals surface area contributed by atoms with Gasteiger partial charge in [0.2, 0.25) is 0 Å². The maximum Gasteiger partial charge on any atom is 0.255 e. The standard InChI is InChI=1S/C20H28N4O/c1-15-19(16(2)23(3)22-15)20(25)21-13-17-7-9-18(10-8-17)14-24-11-5-4-6-12-24/h7-10H,4-6,11-14H2,1-3H3,(H,21,25). The number of rotatable bonds is 5. The third kappa shape index (κ3) is 4.28.